The van der Waals surface area contributed by atoms with Crippen molar-refractivity contribution >= 4 is 21.6 Å². The number of phenols is 1. The van der Waals surface area contributed by atoms with Crippen molar-refractivity contribution in [2.45, 2.75) is 13.5 Å². The van der Waals surface area contributed by atoms with Gasteiger partial charge in [-0.15, -0.1) is 0 Å². The van der Waals surface area contributed by atoms with Gasteiger partial charge < -0.3 is 15.2 Å². The van der Waals surface area contributed by atoms with E-state index in [-0.39, 0.29) is 11.6 Å². The highest BCUT2D eigenvalue weighted by Crippen LogP contribution is 2.28. The van der Waals surface area contributed by atoms with Crippen LogP contribution in [0.5, 0.6) is 11.5 Å². The van der Waals surface area contributed by atoms with E-state index in [1.165, 1.54) is 12.1 Å². The summed E-state index contributed by atoms with van der Waals surface area (Å²) in [4.78, 5) is 0. The number of hydrogen-bond acceptors (Lipinski definition) is 3. The second-order valence-electron chi connectivity index (χ2n) is 4.20. The van der Waals surface area contributed by atoms with Gasteiger partial charge in [0.05, 0.1) is 12.3 Å². The van der Waals surface area contributed by atoms with Gasteiger partial charge in [0.15, 0.2) is 0 Å². The van der Waals surface area contributed by atoms with E-state index < -0.39 is 0 Å². The maximum atomic E-state index is 13.2. The predicted octanol–water partition coefficient (Wildman–Crippen LogP) is 4.30. The molecule has 0 amide bonds. The number of anilines is 1. The zero-order valence-electron chi connectivity index (χ0n) is 11.0. The maximum Gasteiger partial charge on any atom is 0.145 e. The van der Waals surface area contributed by atoms with Crippen molar-refractivity contribution in [3.63, 3.8) is 0 Å². The maximum absolute atomic E-state index is 13.2. The van der Waals surface area contributed by atoms with Crippen molar-refractivity contribution in [2.24, 2.45) is 0 Å². The number of phenolic OH excluding ortho intramolecular Hbond substituents is 1. The highest BCUT2D eigenvalue weighted by atomic mass is 79.9. The van der Waals surface area contributed by atoms with E-state index >= 15 is 0 Å². The van der Waals surface area contributed by atoms with Gasteiger partial charge in [-0.2, -0.15) is 0 Å². The summed E-state index contributed by atoms with van der Waals surface area (Å²) in [6.07, 6.45) is 0. The fourth-order valence-corrected chi connectivity index (χ4v) is 2.21. The van der Waals surface area contributed by atoms with E-state index in [0.29, 0.717) is 24.6 Å². The summed E-state index contributed by atoms with van der Waals surface area (Å²) in [7, 11) is 0. The minimum Gasteiger partial charge on any atom is -0.508 e. The predicted molar refractivity (Wildman–Crippen MR) is 80.7 cm³/mol. The molecule has 5 heteroatoms. The molecule has 0 heterocycles. The van der Waals surface area contributed by atoms with E-state index in [1.54, 1.807) is 18.2 Å². The molecule has 0 aliphatic carbocycles. The molecule has 0 aliphatic rings. The highest BCUT2D eigenvalue weighted by Gasteiger charge is 2.07. The third-order valence-electron chi connectivity index (χ3n) is 2.75. The number of aromatic hydroxyl groups is 1. The zero-order valence-corrected chi connectivity index (χ0v) is 12.6. The van der Waals surface area contributed by atoms with Crippen molar-refractivity contribution in [3.05, 3.63) is 52.3 Å². The first kappa shape index (κ1) is 14.7. The average Bonchev–Trinajstić information content (AvgIpc) is 2.42. The minimum absolute atomic E-state index is 0.209. The molecular formula is C15H15BrFNO2. The lowest BCUT2D eigenvalue weighted by Crippen LogP contribution is -2.03. The third kappa shape index (κ3) is 3.63. The Morgan fingerprint density at radius 1 is 1.25 bits per heavy atom. The lowest BCUT2D eigenvalue weighted by atomic mass is 10.2. The topological polar surface area (TPSA) is 41.5 Å². The van der Waals surface area contributed by atoms with Crippen LogP contribution in [0.25, 0.3) is 0 Å². The van der Waals surface area contributed by atoms with Crippen LogP contribution < -0.4 is 10.1 Å². The van der Waals surface area contributed by atoms with Gasteiger partial charge in [-0.25, -0.2) is 4.39 Å². The summed E-state index contributed by atoms with van der Waals surface area (Å²) in [5.74, 6) is 0.326. The van der Waals surface area contributed by atoms with Crippen LogP contribution in [0.1, 0.15) is 12.5 Å². The number of nitrogens with one attached hydrogen (secondary N) is 1. The van der Waals surface area contributed by atoms with Crippen molar-refractivity contribution in [1.29, 1.82) is 0 Å². The summed E-state index contributed by atoms with van der Waals surface area (Å²) < 4.78 is 19.5. The molecule has 20 heavy (non-hydrogen) atoms. The molecular weight excluding hydrogens is 325 g/mol. The van der Waals surface area contributed by atoms with Gasteiger partial charge in [-0.3, -0.25) is 0 Å². The van der Waals surface area contributed by atoms with E-state index in [4.69, 9.17) is 4.74 Å². The number of halogens is 2. The molecule has 0 aliphatic heterocycles. The lowest BCUT2D eigenvalue weighted by molar-refractivity contribution is 0.339. The smallest absolute Gasteiger partial charge is 0.145 e. The Morgan fingerprint density at radius 2 is 2.05 bits per heavy atom. The SMILES string of the molecule is CCOc1cc(F)ccc1NCc1cc(Br)ccc1O. The van der Waals surface area contributed by atoms with Crippen LogP contribution in [0.15, 0.2) is 40.9 Å². The Morgan fingerprint density at radius 3 is 2.80 bits per heavy atom. The molecule has 0 aromatic heterocycles. The quantitative estimate of drug-likeness (QED) is 0.853. The highest BCUT2D eigenvalue weighted by molar-refractivity contribution is 9.10. The van der Waals surface area contributed by atoms with Gasteiger partial charge in [-0.05, 0) is 37.3 Å². The van der Waals surface area contributed by atoms with Gasteiger partial charge >= 0.3 is 0 Å². The molecule has 3 nitrogen and oxygen atoms in total. The number of rotatable bonds is 5. The molecule has 0 saturated carbocycles. The molecule has 0 saturated heterocycles. The van der Waals surface area contributed by atoms with E-state index in [0.717, 1.165) is 10.0 Å². The number of benzene rings is 2. The summed E-state index contributed by atoms with van der Waals surface area (Å²) in [6.45, 7) is 2.71. The first-order chi connectivity index (χ1) is 9.60. The Labute approximate surface area is 125 Å². The largest absolute Gasteiger partial charge is 0.508 e. The monoisotopic (exact) mass is 339 g/mol. The number of hydrogen-bond donors (Lipinski definition) is 2. The average molecular weight is 340 g/mol. The molecule has 2 aromatic rings. The molecule has 0 spiro atoms. The second-order valence-corrected chi connectivity index (χ2v) is 5.12. The van der Waals surface area contributed by atoms with Crippen molar-refractivity contribution in [3.8, 4) is 11.5 Å². The normalized spacial score (nSPS) is 10.3. The van der Waals surface area contributed by atoms with Crippen LogP contribution in [0.3, 0.4) is 0 Å². The third-order valence-corrected chi connectivity index (χ3v) is 3.25. The molecule has 2 N–H and O–H groups in total. The van der Waals surface area contributed by atoms with Crippen molar-refractivity contribution < 1.29 is 14.2 Å². The van der Waals surface area contributed by atoms with Crippen LogP contribution in [-0.4, -0.2) is 11.7 Å². The van der Waals surface area contributed by atoms with Gasteiger partial charge in [0, 0.05) is 22.6 Å². The van der Waals surface area contributed by atoms with Crippen LogP contribution in [0.4, 0.5) is 10.1 Å². The Hall–Kier alpha value is -1.75. The zero-order chi connectivity index (χ0) is 14.5. The van der Waals surface area contributed by atoms with E-state index in [2.05, 4.69) is 21.2 Å². The molecule has 0 atom stereocenters. The summed E-state index contributed by atoms with van der Waals surface area (Å²) in [6, 6.07) is 9.54. The van der Waals surface area contributed by atoms with Crippen LogP contribution in [-0.2, 0) is 6.54 Å². The summed E-state index contributed by atoms with van der Waals surface area (Å²) >= 11 is 3.36. The molecule has 106 valence electrons. The Balaban J connectivity index is 2.16. The molecule has 2 rings (SSSR count). The second kappa shape index (κ2) is 6.61. The standard InChI is InChI=1S/C15H15BrFNO2/c1-2-20-15-8-12(17)4-5-13(15)18-9-10-7-11(16)3-6-14(10)19/h3-8,18-19H,2,9H2,1H3. The Kier molecular flexibility index (Phi) is 4.84. The van der Waals surface area contributed by atoms with Gasteiger partial charge in [0.1, 0.15) is 17.3 Å². The molecule has 2 aromatic carbocycles. The molecule has 0 unspecified atom stereocenters. The summed E-state index contributed by atoms with van der Waals surface area (Å²) in [5.41, 5.74) is 1.43. The first-order valence-electron chi connectivity index (χ1n) is 6.23. The molecule has 0 fully saturated rings. The van der Waals surface area contributed by atoms with Gasteiger partial charge in [0.2, 0.25) is 0 Å². The fourth-order valence-electron chi connectivity index (χ4n) is 1.80. The fraction of sp³-hybridized carbons (Fsp3) is 0.200. The van der Waals surface area contributed by atoms with Crippen LogP contribution in [0, 0.1) is 5.82 Å². The Bertz CT molecular complexity index is 604. The first-order valence-corrected chi connectivity index (χ1v) is 7.03. The number of ether oxygens (including phenoxy) is 1. The lowest BCUT2D eigenvalue weighted by Gasteiger charge is -2.13. The molecule has 0 radical (unpaired) electrons. The summed E-state index contributed by atoms with van der Waals surface area (Å²) in [5, 5.41) is 12.9. The van der Waals surface area contributed by atoms with Crippen molar-refractivity contribution in [1.82, 2.24) is 0 Å². The van der Waals surface area contributed by atoms with Crippen molar-refractivity contribution in [2.75, 3.05) is 11.9 Å². The molecule has 0 bridgehead atoms. The van der Waals surface area contributed by atoms with Crippen LogP contribution >= 0.6 is 15.9 Å². The van der Waals surface area contributed by atoms with Gasteiger partial charge in [0.25, 0.3) is 0 Å². The van der Waals surface area contributed by atoms with E-state index in [1.807, 2.05) is 13.0 Å². The van der Waals surface area contributed by atoms with Gasteiger partial charge in [-0.1, -0.05) is 15.9 Å². The minimum atomic E-state index is -0.343. The van der Waals surface area contributed by atoms with Crippen LogP contribution in [0.2, 0.25) is 0 Å². The van der Waals surface area contributed by atoms with E-state index in [9.17, 15) is 9.50 Å².